The van der Waals surface area contributed by atoms with Crippen LogP contribution >= 0.6 is 0 Å². The van der Waals surface area contributed by atoms with Gasteiger partial charge >= 0.3 is 12.0 Å². The lowest BCUT2D eigenvalue weighted by atomic mass is 10.1. The van der Waals surface area contributed by atoms with Gasteiger partial charge in [0.05, 0.1) is 0 Å². The molecule has 3 amide bonds. The molecule has 0 aliphatic carbocycles. The first-order chi connectivity index (χ1) is 8.79. The third-order valence-electron chi connectivity index (χ3n) is 2.51. The Labute approximate surface area is 113 Å². The van der Waals surface area contributed by atoms with Gasteiger partial charge in [-0.3, -0.25) is 4.79 Å². The van der Waals surface area contributed by atoms with Crippen molar-refractivity contribution >= 4 is 17.9 Å². The summed E-state index contributed by atoms with van der Waals surface area (Å²) in [5.41, 5.74) is 0. The molecule has 0 aromatic carbocycles. The largest absolute Gasteiger partial charge is 0.480 e. The minimum absolute atomic E-state index is 0.243. The number of urea groups is 1. The highest BCUT2D eigenvalue weighted by atomic mass is 16.4. The molecule has 0 aliphatic heterocycles. The fraction of sp³-hybridized carbons (Fsp3) is 0.750. The van der Waals surface area contributed by atoms with Crippen molar-refractivity contribution in [1.82, 2.24) is 16.0 Å². The van der Waals surface area contributed by atoms with Gasteiger partial charge in [-0.25, -0.2) is 9.59 Å². The molecule has 0 saturated carbocycles. The molecule has 7 heteroatoms. The van der Waals surface area contributed by atoms with Gasteiger partial charge in [0, 0.05) is 6.54 Å². The minimum atomic E-state index is -1.10. The van der Waals surface area contributed by atoms with Gasteiger partial charge in [-0.15, -0.1) is 0 Å². The molecular formula is C12H23N3O4. The molecule has 19 heavy (non-hydrogen) atoms. The van der Waals surface area contributed by atoms with Crippen molar-refractivity contribution in [2.45, 2.75) is 46.2 Å². The Kier molecular flexibility index (Phi) is 7.55. The van der Waals surface area contributed by atoms with E-state index in [1.807, 2.05) is 6.92 Å². The molecule has 0 bridgehead atoms. The highest BCUT2D eigenvalue weighted by Gasteiger charge is 2.24. The van der Waals surface area contributed by atoms with E-state index in [-0.39, 0.29) is 11.8 Å². The number of carboxylic acids is 1. The summed E-state index contributed by atoms with van der Waals surface area (Å²) >= 11 is 0. The van der Waals surface area contributed by atoms with Gasteiger partial charge in [0.2, 0.25) is 5.91 Å². The average molecular weight is 273 g/mol. The summed E-state index contributed by atoms with van der Waals surface area (Å²) in [6.45, 7) is 7.38. The number of hydrogen-bond donors (Lipinski definition) is 4. The second-order valence-electron chi connectivity index (χ2n) is 4.69. The number of carboxylic acid groups (broad SMARTS) is 1. The number of carbonyl (C=O) groups excluding carboxylic acids is 2. The number of hydrogen-bond acceptors (Lipinski definition) is 3. The van der Waals surface area contributed by atoms with Crippen LogP contribution in [0.2, 0.25) is 0 Å². The van der Waals surface area contributed by atoms with E-state index < -0.39 is 24.1 Å². The first-order valence-corrected chi connectivity index (χ1v) is 6.37. The predicted molar refractivity (Wildman–Crippen MR) is 70.7 cm³/mol. The first kappa shape index (κ1) is 17.2. The Morgan fingerprint density at radius 3 is 2.11 bits per heavy atom. The maximum absolute atomic E-state index is 11.6. The SMILES string of the molecule is CCCNC(=O)C(C)NC(=O)N[C@H](C(=O)O)C(C)C. The maximum Gasteiger partial charge on any atom is 0.326 e. The van der Waals surface area contributed by atoms with E-state index in [1.165, 1.54) is 6.92 Å². The average Bonchev–Trinajstić information content (AvgIpc) is 2.31. The Morgan fingerprint density at radius 2 is 1.68 bits per heavy atom. The lowest BCUT2D eigenvalue weighted by Crippen LogP contribution is -2.53. The number of aliphatic carboxylic acids is 1. The molecule has 110 valence electrons. The van der Waals surface area contributed by atoms with Crippen LogP contribution in [-0.4, -0.2) is 41.6 Å². The van der Waals surface area contributed by atoms with E-state index in [9.17, 15) is 14.4 Å². The molecule has 0 aromatic heterocycles. The second kappa shape index (κ2) is 8.34. The summed E-state index contributed by atoms with van der Waals surface area (Å²) in [6, 6.07) is -2.36. The van der Waals surface area contributed by atoms with Crippen molar-refractivity contribution in [3.63, 3.8) is 0 Å². The lowest BCUT2D eigenvalue weighted by Gasteiger charge is -2.20. The van der Waals surface area contributed by atoms with Crippen LogP contribution < -0.4 is 16.0 Å². The number of rotatable bonds is 7. The molecule has 4 N–H and O–H groups in total. The van der Waals surface area contributed by atoms with Gasteiger partial charge in [0.25, 0.3) is 0 Å². The van der Waals surface area contributed by atoms with Crippen molar-refractivity contribution < 1.29 is 19.5 Å². The van der Waals surface area contributed by atoms with Crippen LogP contribution in [0.15, 0.2) is 0 Å². The van der Waals surface area contributed by atoms with E-state index in [0.717, 1.165) is 6.42 Å². The molecule has 0 rings (SSSR count). The zero-order valence-corrected chi connectivity index (χ0v) is 11.8. The third kappa shape index (κ3) is 6.64. The monoisotopic (exact) mass is 273 g/mol. The van der Waals surface area contributed by atoms with E-state index in [0.29, 0.717) is 6.54 Å². The van der Waals surface area contributed by atoms with Crippen molar-refractivity contribution in [2.24, 2.45) is 5.92 Å². The zero-order valence-electron chi connectivity index (χ0n) is 11.8. The van der Waals surface area contributed by atoms with Crippen LogP contribution in [0, 0.1) is 5.92 Å². The van der Waals surface area contributed by atoms with Crippen LogP contribution in [0.1, 0.15) is 34.1 Å². The van der Waals surface area contributed by atoms with E-state index >= 15 is 0 Å². The molecule has 1 unspecified atom stereocenters. The van der Waals surface area contributed by atoms with Crippen molar-refractivity contribution in [3.05, 3.63) is 0 Å². The third-order valence-corrected chi connectivity index (χ3v) is 2.51. The maximum atomic E-state index is 11.6. The van der Waals surface area contributed by atoms with Crippen LogP contribution in [0.25, 0.3) is 0 Å². The molecule has 0 spiro atoms. The summed E-state index contributed by atoms with van der Waals surface area (Å²) in [6.07, 6.45) is 0.805. The van der Waals surface area contributed by atoms with Crippen LogP contribution in [0.3, 0.4) is 0 Å². The molecule has 0 aliphatic rings. The Balaban J connectivity index is 4.29. The molecule has 0 heterocycles. The smallest absolute Gasteiger partial charge is 0.326 e. The molecule has 0 fully saturated rings. The fourth-order valence-electron chi connectivity index (χ4n) is 1.36. The summed E-state index contributed by atoms with van der Waals surface area (Å²) < 4.78 is 0. The molecule has 0 saturated heterocycles. The topological polar surface area (TPSA) is 108 Å². The normalized spacial score (nSPS) is 13.5. The van der Waals surface area contributed by atoms with Gasteiger partial charge in [-0.05, 0) is 19.3 Å². The Morgan fingerprint density at radius 1 is 1.11 bits per heavy atom. The number of carbonyl (C=O) groups is 3. The standard InChI is InChI=1S/C12H23N3O4/c1-5-6-13-10(16)8(4)14-12(19)15-9(7(2)3)11(17)18/h7-9H,5-6H2,1-4H3,(H,13,16)(H,17,18)(H2,14,15,19)/t8?,9-/m0/s1. The van der Waals surface area contributed by atoms with Gasteiger partial charge < -0.3 is 21.1 Å². The molecule has 7 nitrogen and oxygen atoms in total. The summed E-state index contributed by atoms with van der Waals surface area (Å²) in [4.78, 5) is 34.0. The second-order valence-corrected chi connectivity index (χ2v) is 4.69. The van der Waals surface area contributed by atoms with Gasteiger partial charge in [-0.2, -0.15) is 0 Å². The van der Waals surface area contributed by atoms with Gasteiger partial charge in [0.15, 0.2) is 0 Å². The Bertz CT molecular complexity index is 331. The fourth-order valence-corrected chi connectivity index (χ4v) is 1.36. The van der Waals surface area contributed by atoms with E-state index in [4.69, 9.17) is 5.11 Å². The van der Waals surface area contributed by atoms with Crippen molar-refractivity contribution in [3.8, 4) is 0 Å². The van der Waals surface area contributed by atoms with Crippen LogP contribution in [0.5, 0.6) is 0 Å². The summed E-state index contributed by atoms with van der Waals surface area (Å²) in [7, 11) is 0. The summed E-state index contributed by atoms with van der Waals surface area (Å²) in [5, 5.41) is 16.3. The number of nitrogens with one attached hydrogen (secondary N) is 3. The quantitative estimate of drug-likeness (QED) is 0.535. The molecule has 0 aromatic rings. The van der Waals surface area contributed by atoms with Gasteiger partial charge in [0.1, 0.15) is 12.1 Å². The molecular weight excluding hydrogens is 250 g/mol. The predicted octanol–water partition coefficient (Wildman–Crippen LogP) is 0.310. The molecule has 0 radical (unpaired) electrons. The van der Waals surface area contributed by atoms with E-state index in [1.54, 1.807) is 13.8 Å². The number of amides is 3. The summed E-state index contributed by atoms with van der Waals surface area (Å²) in [5.74, 6) is -1.64. The Hall–Kier alpha value is -1.79. The van der Waals surface area contributed by atoms with Crippen molar-refractivity contribution in [1.29, 1.82) is 0 Å². The van der Waals surface area contributed by atoms with Gasteiger partial charge in [-0.1, -0.05) is 20.8 Å². The lowest BCUT2D eigenvalue weighted by molar-refractivity contribution is -0.140. The van der Waals surface area contributed by atoms with E-state index in [2.05, 4.69) is 16.0 Å². The van der Waals surface area contributed by atoms with Crippen LogP contribution in [0.4, 0.5) is 4.79 Å². The van der Waals surface area contributed by atoms with Crippen molar-refractivity contribution in [2.75, 3.05) is 6.54 Å². The first-order valence-electron chi connectivity index (χ1n) is 6.37. The molecule has 2 atom stereocenters. The highest BCUT2D eigenvalue weighted by molar-refractivity contribution is 5.88. The zero-order chi connectivity index (χ0) is 15.0. The highest BCUT2D eigenvalue weighted by Crippen LogP contribution is 2.01. The van der Waals surface area contributed by atoms with Crippen LogP contribution in [-0.2, 0) is 9.59 Å². The minimum Gasteiger partial charge on any atom is -0.480 e.